The Morgan fingerprint density at radius 2 is 1.64 bits per heavy atom. The molecule has 2 heterocycles. The Balaban J connectivity index is 1.47. The summed E-state index contributed by atoms with van der Waals surface area (Å²) in [7, 11) is -4.02. The van der Waals surface area contributed by atoms with Crippen molar-refractivity contribution in [1.29, 1.82) is 0 Å². The normalized spacial score (nSPS) is 21.6. The van der Waals surface area contributed by atoms with E-state index < -0.39 is 10.1 Å². The molecule has 1 N–H and O–H groups in total. The zero-order valence-electron chi connectivity index (χ0n) is 24.0. The van der Waals surface area contributed by atoms with Crippen LogP contribution in [0, 0.1) is 11.8 Å². The molecule has 0 bridgehead atoms. The summed E-state index contributed by atoms with van der Waals surface area (Å²) >= 11 is 3.71. The molecule has 0 saturated heterocycles. The van der Waals surface area contributed by atoms with Crippen molar-refractivity contribution in [2.45, 2.75) is 54.7 Å². The Bertz CT molecular complexity index is 1710. The van der Waals surface area contributed by atoms with Crippen molar-refractivity contribution >= 4 is 56.3 Å². The van der Waals surface area contributed by atoms with Gasteiger partial charge in [0.1, 0.15) is 0 Å². The molecule has 1 saturated carbocycles. The summed E-state index contributed by atoms with van der Waals surface area (Å²) in [5.41, 5.74) is 4.54. The lowest BCUT2D eigenvalue weighted by Gasteiger charge is -2.30. The average Bonchev–Trinajstić information content (AvgIpc) is 3.29. The van der Waals surface area contributed by atoms with E-state index in [1.165, 1.54) is 24.3 Å². The topological polar surface area (TPSA) is 61.5 Å². The highest BCUT2D eigenvalue weighted by atomic mass is 32.2. The molecule has 1 fully saturated rings. The molecule has 4 aromatic rings. The van der Waals surface area contributed by atoms with Gasteiger partial charge in [-0.25, -0.2) is 0 Å². The monoisotopic (exact) mass is 617 g/mol. The Kier molecular flexibility index (Phi) is 8.68. The number of aromatic nitrogens is 1. The fraction of sp³-hybridized carbons (Fsp3) is 0.324. The van der Waals surface area contributed by atoms with Crippen LogP contribution in [0.3, 0.4) is 0 Å². The van der Waals surface area contributed by atoms with Gasteiger partial charge in [-0.05, 0) is 67.4 Å². The van der Waals surface area contributed by atoms with Gasteiger partial charge in [-0.2, -0.15) is 8.42 Å². The van der Waals surface area contributed by atoms with Crippen LogP contribution in [0.5, 0.6) is 0 Å². The highest BCUT2D eigenvalue weighted by molar-refractivity contribution is 8.04. The highest BCUT2D eigenvalue weighted by Gasteiger charge is 2.31. The number of rotatable bonds is 8. The van der Waals surface area contributed by atoms with Gasteiger partial charge in [0.05, 0.1) is 21.9 Å². The minimum absolute atomic E-state index is 0.256. The second-order valence-corrected chi connectivity index (χ2v) is 15.6. The van der Waals surface area contributed by atoms with Crippen LogP contribution in [0.2, 0.25) is 0 Å². The van der Waals surface area contributed by atoms with Crippen molar-refractivity contribution in [3.05, 3.63) is 95.5 Å². The molecule has 1 aliphatic carbocycles. The van der Waals surface area contributed by atoms with E-state index in [0.717, 1.165) is 49.6 Å². The number of thioether (sulfide) groups is 2. The van der Waals surface area contributed by atoms with Crippen molar-refractivity contribution in [3.63, 3.8) is 0 Å². The fourth-order valence-electron chi connectivity index (χ4n) is 6.43. The van der Waals surface area contributed by atoms with E-state index in [-0.39, 0.29) is 5.75 Å². The third kappa shape index (κ3) is 6.57. The summed E-state index contributed by atoms with van der Waals surface area (Å²) in [5, 5.41) is 4.02. The molecule has 1 aliphatic heterocycles. The smallest absolute Gasteiger partial charge is 0.264 e. The van der Waals surface area contributed by atoms with Crippen LogP contribution < -0.4 is 9.47 Å². The molecule has 2 unspecified atom stereocenters. The van der Waals surface area contributed by atoms with E-state index in [1.807, 2.05) is 23.9 Å². The Morgan fingerprint density at radius 1 is 0.952 bits per heavy atom. The molecule has 1 aromatic heterocycles. The number of hydrogen-bond acceptors (Lipinski definition) is 5. The number of para-hydroxylation sites is 3. The molecule has 8 heteroatoms. The van der Waals surface area contributed by atoms with E-state index in [2.05, 4.69) is 102 Å². The van der Waals surface area contributed by atoms with Gasteiger partial charge in [0, 0.05) is 41.0 Å². The first kappa shape index (κ1) is 29.3. The first-order valence-electron chi connectivity index (χ1n) is 14.7. The lowest BCUT2D eigenvalue weighted by Crippen LogP contribution is -2.36. The SMILES string of the molecule is CC1CC(C)CC(Sc2cc(/C=C3/Sc4ccccc4N3CCCS(=O)(=O)O)c3ccccc3[n+]2-c2ccccc2)C1. The predicted octanol–water partition coefficient (Wildman–Crippen LogP) is 8.22. The minimum atomic E-state index is -4.02. The quantitative estimate of drug-likeness (QED) is 0.159. The van der Waals surface area contributed by atoms with Gasteiger partial charge in [-0.3, -0.25) is 4.55 Å². The number of nitrogens with zero attached hydrogens (tertiary/aromatic N) is 2. The number of pyridine rings is 1. The fourth-order valence-corrected chi connectivity index (χ4v) is 9.76. The maximum atomic E-state index is 11.5. The first-order valence-corrected chi connectivity index (χ1v) is 18.0. The van der Waals surface area contributed by atoms with Gasteiger partial charge in [0.25, 0.3) is 10.1 Å². The van der Waals surface area contributed by atoms with Crippen LogP contribution in [0.25, 0.3) is 22.7 Å². The zero-order valence-corrected chi connectivity index (χ0v) is 26.5. The van der Waals surface area contributed by atoms with Crippen LogP contribution in [-0.2, 0) is 10.1 Å². The summed E-state index contributed by atoms with van der Waals surface area (Å²) in [6.07, 6.45) is 6.34. The molecular formula is C34H37N2O3S3+. The van der Waals surface area contributed by atoms with Gasteiger partial charge in [0.2, 0.25) is 16.2 Å². The predicted molar refractivity (Wildman–Crippen MR) is 176 cm³/mol. The molecule has 218 valence electrons. The number of benzene rings is 3. The van der Waals surface area contributed by atoms with Crippen molar-refractivity contribution in [2.24, 2.45) is 11.8 Å². The summed E-state index contributed by atoms with van der Waals surface area (Å²) in [4.78, 5) is 3.34. The van der Waals surface area contributed by atoms with Crippen LogP contribution in [0.4, 0.5) is 5.69 Å². The van der Waals surface area contributed by atoms with Gasteiger partial charge >= 0.3 is 0 Å². The summed E-state index contributed by atoms with van der Waals surface area (Å²) in [6.45, 7) is 5.27. The Hall–Kier alpha value is -2.78. The second kappa shape index (κ2) is 12.4. The molecule has 5 nitrogen and oxygen atoms in total. The largest absolute Gasteiger partial charge is 0.335 e. The molecule has 3 aromatic carbocycles. The van der Waals surface area contributed by atoms with Crippen molar-refractivity contribution in [2.75, 3.05) is 17.2 Å². The van der Waals surface area contributed by atoms with Crippen molar-refractivity contribution < 1.29 is 17.5 Å². The molecule has 2 atom stereocenters. The Labute approximate surface area is 257 Å². The molecule has 0 spiro atoms. The van der Waals surface area contributed by atoms with Gasteiger partial charge in [-0.15, -0.1) is 4.57 Å². The van der Waals surface area contributed by atoms with E-state index >= 15 is 0 Å². The summed E-state index contributed by atoms with van der Waals surface area (Å²) < 4.78 is 34.7. The summed E-state index contributed by atoms with van der Waals surface area (Å²) in [5.74, 6) is 1.19. The first-order chi connectivity index (χ1) is 20.2. The lowest BCUT2D eigenvalue weighted by molar-refractivity contribution is -0.608. The van der Waals surface area contributed by atoms with Gasteiger partial charge in [-0.1, -0.05) is 79.8 Å². The van der Waals surface area contributed by atoms with Gasteiger partial charge in [0.15, 0.2) is 0 Å². The van der Waals surface area contributed by atoms with E-state index in [9.17, 15) is 13.0 Å². The molecule has 0 radical (unpaired) electrons. The van der Waals surface area contributed by atoms with Crippen LogP contribution in [0.1, 0.15) is 45.1 Å². The van der Waals surface area contributed by atoms with E-state index in [4.69, 9.17) is 0 Å². The molecular weight excluding hydrogens is 581 g/mol. The third-order valence-corrected chi connectivity index (χ3v) is 11.3. The second-order valence-electron chi connectivity index (χ2n) is 11.6. The maximum Gasteiger partial charge on any atom is 0.264 e. The maximum absolute atomic E-state index is 11.5. The lowest BCUT2D eigenvalue weighted by atomic mass is 9.83. The van der Waals surface area contributed by atoms with Crippen molar-refractivity contribution in [3.8, 4) is 5.69 Å². The molecule has 2 aliphatic rings. The minimum Gasteiger partial charge on any atom is -0.335 e. The molecule has 42 heavy (non-hydrogen) atoms. The van der Waals surface area contributed by atoms with Crippen molar-refractivity contribution in [1.82, 2.24) is 0 Å². The van der Waals surface area contributed by atoms with Crippen LogP contribution >= 0.6 is 23.5 Å². The summed E-state index contributed by atoms with van der Waals surface area (Å²) in [6, 6.07) is 29.8. The third-order valence-electron chi connectivity index (χ3n) is 8.09. The average molecular weight is 618 g/mol. The highest BCUT2D eigenvalue weighted by Crippen LogP contribution is 2.47. The number of hydrogen-bond donors (Lipinski definition) is 1. The van der Waals surface area contributed by atoms with Gasteiger partial charge < -0.3 is 4.90 Å². The number of anilines is 1. The Morgan fingerprint density at radius 3 is 2.40 bits per heavy atom. The zero-order chi connectivity index (χ0) is 29.3. The van der Waals surface area contributed by atoms with E-state index in [0.29, 0.717) is 18.2 Å². The number of fused-ring (bicyclic) bond motifs is 2. The van der Waals surface area contributed by atoms with Crippen LogP contribution in [-0.4, -0.2) is 30.5 Å². The molecule has 0 amide bonds. The molecule has 6 rings (SSSR count). The van der Waals surface area contributed by atoms with Crippen LogP contribution in [0.15, 0.2) is 99.9 Å². The van der Waals surface area contributed by atoms with E-state index in [1.54, 1.807) is 11.8 Å². The standard InChI is InChI=1S/C34H36N2O3S3/c1-24-19-25(2)21-28(20-24)40-34-23-26(29-13-6-7-14-30(29)36(34)27-11-4-3-5-12-27)22-33-35(17-10-18-42(37,38)39)31-15-8-9-16-32(31)41-33/h3-9,11-16,22-25,28H,10,17-21H2,1-2H3/p+1.